The average molecular weight is 448 g/mol. The lowest BCUT2D eigenvalue weighted by atomic mass is 9.97. The first-order chi connectivity index (χ1) is 13.9. The first kappa shape index (κ1) is 19.2. The lowest BCUT2D eigenvalue weighted by Gasteiger charge is -2.13. The third kappa shape index (κ3) is 3.74. The van der Waals surface area contributed by atoms with Crippen molar-refractivity contribution < 1.29 is 9.21 Å². The van der Waals surface area contributed by atoms with E-state index in [1.165, 1.54) is 0 Å². The maximum absolute atomic E-state index is 13.1. The summed E-state index contributed by atoms with van der Waals surface area (Å²) in [5.74, 6) is -0.488. The molecule has 0 atom stereocenters. The minimum absolute atomic E-state index is 0.00923. The first-order valence-corrected chi connectivity index (χ1v) is 9.94. The highest BCUT2D eigenvalue weighted by Crippen LogP contribution is 2.32. The van der Waals surface area contributed by atoms with Crippen molar-refractivity contribution in [1.29, 1.82) is 0 Å². The lowest BCUT2D eigenvalue weighted by Crippen LogP contribution is -2.17. The maximum atomic E-state index is 13.1. The van der Waals surface area contributed by atoms with Gasteiger partial charge in [0.15, 0.2) is 0 Å². The summed E-state index contributed by atoms with van der Waals surface area (Å²) >= 11 is 3.47. The molecule has 4 nitrogen and oxygen atoms in total. The van der Waals surface area contributed by atoms with Crippen LogP contribution in [0.15, 0.2) is 80.4 Å². The highest BCUT2D eigenvalue weighted by atomic mass is 79.9. The van der Waals surface area contributed by atoms with Gasteiger partial charge in [-0.2, -0.15) is 0 Å². The van der Waals surface area contributed by atoms with Crippen LogP contribution in [0.4, 0.5) is 5.69 Å². The van der Waals surface area contributed by atoms with E-state index in [2.05, 4.69) is 21.2 Å². The van der Waals surface area contributed by atoms with Gasteiger partial charge in [-0.1, -0.05) is 54.1 Å². The van der Waals surface area contributed by atoms with Crippen LogP contribution in [0.2, 0.25) is 0 Å². The number of benzene rings is 3. The maximum Gasteiger partial charge on any atom is 0.344 e. The molecule has 0 unspecified atom stereocenters. The molecule has 0 aliphatic heterocycles. The molecule has 3 aromatic carbocycles. The molecule has 1 N–H and O–H groups in total. The van der Waals surface area contributed by atoms with Crippen molar-refractivity contribution in [2.24, 2.45) is 0 Å². The number of anilines is 1. The molecule has 0 bridgehead atoms. The topological polar surface area (TPSA) is 59.3 Å². The van der Waals surface area contributed by atoms with Gasteiger partial charge in [0.25, 0.3) is 5.91 Å². The Labute approximate surface area is 176 Å². The molecule has 0 spiro atoms. The molecule has 144 valence electrons. The van der Waals surface area contributed by atoms with Gasteiger partial charge in [-0.05, 0) is 59.1 Å². The highest BCUT2D eigenvalue weighted by molar-refractivity contribution is 9.10. The molecular formula is C24H18BrNO3. The molecule has 4 aromatic rings. The van der Waals surface area contributed by atoms with Crippen LogP contribution in [0.25, 0.3) is 21.9 Å². The van der Waals surface area contributed by atoms with Crippen LogP contribution in [0, 0.1) is 13.8 Å². The number of carbonyl (C=O) groups excluding carboxylic acids is 1. The summed E-state index contributed by atoms with van der Waals surface area (Å²) in [6.45, 7) is 3.96. The normalized spacial score (nSPS) is 10.9. The van der Waals surface area contributed by atoms with Crippen LogP contribution in [0.1, 0.15) is 21.7 Å². The van der Waals surface area contributed by atoms with E-state index < -0.39 is 11.5 Å². The van der Waals surface area contributed by atoms with Crippen molar-refractivity contribution in [3.8, 4) is 11.1 Å². The van der Waals surface area contributed by atoms with Crippen molar-refractivity contribution in [1.82, 2.24) is 0 Å². The van der Waals surface area contributed by atoms with Crippen LogP contribution in [0.5, 0.6) is 0 Å². The molecule has 4 rings (SSSR count). The van der Waals surface area contributed by atoms with Crippen LogP contribution in [-0.4, -0.2) is 5.91 Å². The number of halogens is 1. The van der Waals surface area contributed by atoms with Crippen molar-refractivity contribution >= 4 is 38.3 Å². The van der Waals surface area contributed by atoms with Crippen molar-refractivity contribution in [3.63, 3.8) is 0 Å². The molecule has 0 aliphatic carbocycles. The molecule has 0 fully saturated rings. The number of fused-ring (bicyclic) bond motifs is 1. The van der Waals surface area contributed by atoms with Gasteiger partial charge in [0.2, 0.25) is 5.76 Å². The highest BCUT2D eigenvalue weighted by Gasteiger charge is 2.22. The Morgan fingerprint density at radius 2 is 1.55 bits per heavy atom. The zero-order valence-electron chi connectivity index (χ0n) is 16.0. The minimum atomic E-state index is -0.537. The monoisotopic (exact) mass is 447 g/mol. The molecule has 1 heterocycles. The van der Waals surface area contributed by atoms with Gasteiger partial charge in [-0.15, -0.1) is 0 Å². The largest absolute Gasteiger partial charge is 0.416 e. The number of carbonyl (C=O) groups is 1. The van der Waals surface area contributed by atoms with Crippen molar-refractivity contribution in [3.05, 3.63) is 98.5 Å². The number of aryl methyl sites for hydroxylation is 2. The van der Waals surface area contributed by atoms with Crippen molar-refractivity contribution in [2.75, 3.05) is 5.32 Å². The number of nitrogens with one attached hydrogen (secondary N) is 1. The van der Waals surface area contributed by atoms with Gasteiger partial charge >= 0.3 is 5.63 Å². The van der Waals surface area contributed by atoms with E-state index in [9.17, 15) is 9.59 Å². The lowest BCUT2D eigenvalue weighted by molar-refractivity contribution is 0.0994. The molecule has 29 heavy (non-hydrogen) atoms. The van der Waals surface area contributed by atoms with E-state index in [4.69, 9.17) is 4.42 Å². The second-order valence-electron chi connectivity index (χ2n) is 6.94. The van der Waals surface area contributed by atoms with Crippen LogP contribution < -0.4 is 10.9 Å². The summed E-state index contributed by atoms with van der Waals surface area (Å²) in [7, 11) is 0. The van der Waals surface area contributed by atoms with Gasteiger partial charge < -0.3 is 9.73 Å². The van der Waals surface area contributed by atoms with Gasteiger partial charge in [-0.3, -0.25) is 4.79 Å². The standard InChI is InChI=1S/C24H18BrNO3/c1-14-7-10-16(11-8-14)21-17-5-3-4-6-18(17)24(28)29-22(21)23(27)26-20-12-9-15(2)13-19(20)25/h3-13H,1-2H3,(H,26,27). The van der Waals surface area contributed by atoms with E-state index in [0.717, 1.165) is 21.2 Å². The summed E-state index contributed by atoms with van der Waals surface area (Å²) in [6, 6.07) is 20.6. The molecular weight excluding hydrogens is 430 g/mol. The summed E-state index contributed by atoms with van der Waals surface area (Å²) in [5.41, 5.74) is 3.64. The molecule has 0 saturated carbocycles. The van der Waals surface area contributed by atoms with Gasteiger partial charge in [0.05, 0.1) is 11.1 Å². The Hall–Kier alpha value is -3.18. The van der Waals surface area contributed by atoms with Crippen LogP contribution >= 0.6 is 15.9 Å². The SMILES string of the molecule is Cc1ccc(-c2c(C(=O)Nc3ccc(C)cc3Br)oc(=O)c3ccccc23)cc1. The van der Waals surface area contributed by atoms with Crippen LogP contribution in [0.3, 0.4) is 0 Å². The minimum Gasteiger partial charge on any atom is -0.416 e. The predicted molar refractivity (Wildman–Crippen MR) is 119 cm³/mol. The Kier molecular flexibility index (Phi) is 5.07. The number of amides is 1. The molecule has 5 heteroatoms. The second-order valence-corrected chi connectivity index (χ2v) is 7.80. The van der Waals surface area contributed by atoms with Crippen LogP contribution in [-0.2, 0) is 0 Å². The smallest absolute Gasteiger partial charge is 0.344 e. The van der Waals surface area contributed by atoms with E-state index in [0.29, 0.717) is 22.0 Å². The van der Waals surface area contributed by atoms with Crippen molar-refractivity contribution in [2.45, 2.75) is 13.8 Å². The summed E-state index contributed by atoms with van der Waals surface area (Å²) < 4.78 is 6.28. The Morgan fingerprint density at radius 3 is 2.24 bits per heavy atom. The van der Waals surface area contributed by atoms with Gasteiger partial charge in [0, 0.05) is 15.4 Å². The third-order valence-corrected chi connectivity index (χ3v) is 5.41. The first-order valence-electron chi connectivity index (χ1n) is 9.14. The number of hydrogen-bond donors (Lipinski definition) is 1. The fourth-order valence-corrected chi connectivity index (χ4v) is 3.86. The van der Waals surface area contributed by atoms with E-state index >= 15 is 0 Å². The Balaban J connectivity index is 1.91. The summed E-state index contributed by atoms with van der Waals surface area (Å²) in [5, 5.41) is 3.97. The molecule has 1 amide bonds. The summed E-state index contributed by atoms with van der Waals surface area (Å²) in [6.07, 6.45) is 0. The Bertz CT molecular complexity index is 1290. The quantitative estimate of drug-likeness (QED) is 0.413. The molecule has 0 aliphatic rings. The van der Waals surface area contributed by atoms with E-state index in [-0.39, 0.29) is 5.76 Å². The predicted octanol–water partition coefficient (Wildman–Crippen LogP) is 6.09. The zero-order chi connectivity index (χ0) is 20.5. The van der Waals surface area contributed by atoms with E-state index in [1.807, 2.05) is 68.4 Å². The second kappa shape index (κ2) is 7.68. The van der Waals surface area contributed by atoms with Gasteiger partial charge in [0.1, 0.15) is 0 Å². The fraction of sp³-hybridized carbons (Fsp3) is 0.0833. The zero-order valence-corrected chi connectivity index (χ0v) is 17.5. The number of rotatable bonds is 3. The van der Waals surface area contributed by atoms with Gasteiger partial charge in [-0.25, -0.2) is 4.79 Å². The number of hydrogen-bond acceptors (Lipinski definition) is 3. The fourth-order valence-electron chi connectivity index (χ4n) is 3.27. The molecule has 0 saturated heterocycles. The molecule has 0 radical (unpaired) electrons. The molecule has 1 aromatic heterocycles. The third-order valence-electron chi connectivity index (χ3n) is 4.76. The Morgan fingerprint density at radius 1 is 0.897 bits per heavy atom. The van der Waals surface area contributed by atoms with E-state index in [1.54, 1.807) is 12.1 Å². The summed E-state index contributed by atoms with van der Waals surface area (Å²) in [4.78, 5) is 25.7. The average Bonchev–Trinajstić information content (AvgIpc) is 2.71.